The summed E-state index contributed by atoms with van der Waals surface area (Å²) in [5.74, 6) is -0.797. The lowest BCUT2D eigenvalue weighted by Gasteiger charge is -2.26. The first-order valence-corrected chi connectivity index (χ1v) is 21.3. The molecule has 7 nitrogen and oxygen atoms in total. The molecule has 0 unspecified atom stereocenters. The van der Waals surface area contributed by atoms with Crippen molar-refractivity contribution in [3.8, 4) is 0 Å². The van der Waals surface area contributed by atoms with E-state index in [-0.39, 0.29) is 12.5 Å². The van der Waals surface area contributed by atoms with Gasteiger partial charge in [0.2, 0.25) is 5.91 Å². The zero-order chi connectivity index (χ0) is 36.2. The Hall–Kier alpha value is -1.02. The van der Waals surface area contributed by atoms with Crippen LogP contribution in [0.3, 0.4) is 0 Å². The minimum Gasteiger partial charge on any atom is -0.394 e. The molecule has 0 aliphatic rings. The van der Waals surface area contributed by atoms with Gasteiger partial charge in [-0.15, -0.1) is 0 Å². The van der Waals surface area contributed by atoms with Crippen LogP contribution >= 0.6 is 0 Å². The number of carbonyl (C=O) groups excluding carboxylic acids is 2. The summed E-state index contributed by atoms with van der Waals surface area (Å²) in [4.78, 5) is 27.4. The fraction of sp³-hybridized carbons (Fsp3) is 0.952. The first-order valence-electron chi connectivity index (χ1n) is 21.3. The van der Waals surface area contributed by atoms with Gasteiger partial charge in [-0.25, -0.2) is 0 Å². The molecule has 3 atom stereocenters. The van der Waals surface area contributed by atoms with E-state index in [2.05, 4.69) is 13.8 Å². The number of hydrogen-bond acceptors (Lipinski definition) is 6. The molecular weight excluding hydrogens is 614 g/mol. The summed E-state index contributed by atoms with van der Waals surface area (Å²) in [7, 11) is 0. The summed E-state index contributed by atoms with van der Waals surface area (Å²) in [6.07, 6.45) is 34.4. The summed E-state index contributed by atoms with van der Waals surface area (Å²) >= 11 is 0. The van der Waals surface area contributed by atoms with Crippen molar-refractivity contribution in [2.24, 2.45) is 0 Å². The van der Waals surface area contributed by atoms with E-state index in [1.165, 1.54) is 165 Å². The lowest BCUT2D eigenvalue weighted by atomic mass is 10.0. The normalized spacial score (nSPS) is 13.4. The van der Waals surface area contributed by atoms with Gasteiger partial charge in [0.15, 0.2) is 5.78 Å². The van der Waals surface area contributed by atoms with Crippen LogP contribution in [0.25, 0.3) is 0 Å². The Morgan fingerprint density at radius 2 is 0.776 bits per heavy atom. The van der Waals surface area contributed by atoms with E-state index in [1.54, 1.807) is 0 Å². The Morgan fingerprint density at radius 3 is 1.10 bits per heavy atom. The van der Waals surface area contributed by atoms with Crippen LogP contribution in [0.2, 0.25) is 0 Å². The van der Waals surface area contributed by atoms with E-state index >= 15 is 0 Å². The van der Waals surface area contributed by atoms with Crippen LogP contribution in [0.15, 0.2) is 0 Å². The molecule has 7 heteroatoms. The molecule has 0 bridgehead atoms. The minimum atomic E-state index is -1.84. The molecular formula is C42H83NO6. The van der Waals surface area contributed by atoms with Gasteiger partial charge in [0.25, 0.3) is 0 Å². The van der Waals surface area contributed by atoms with Crippen LogP contribution < -0.4 is 0 Å². The van der Waals surface area contributed by atoms with Crippen LogP contribution in [0.4, 0.5) is 0 Å². The third-order valence-corrected chi connectivity index (χ3v) is 10.2. The summed E-state index contributed by atoms with van der Waals surface area (Å²) in [6, 6.07) is 0. The summed E-state index contributed by atoms with van der Waals surface area (Å²) in [6.45, 7) is 3.94. The Kier molecular flexibility index (Phi) is 36.0. The Bertz CT molecular complexity index is 719. The van der Waals surface area contributed by atoms with Crippen molar-refractivity contribution in [3.63, 3.8) is 0 Å². The molecule has 49 heavy (non-hydrogen) atoms. The lowest BCUT2D eigenvalue weighted by Crippen LogP contribution is -2.48. The second-order valence-corrected chi connectivity index (χ2v) is 15.0. The van der Waals surface area contributed by atoms with E-state index < -0.39 is 30.7 Å². The fourth-order valence-corrected chi connectivity index (χ4v) is 6.74. The predicted octanol–water partition coefficient (Wildman–Crippen LogP) is 9.98. The molecule has 0 aliphatic heterocycles. The Labute approximate surface area is 303 Å². The summed E-state index contributed by atoms with van der Waals surface area (Å²) in [5, 5.41) is 39.0. The van der Waals surface area contributed by atoms with Gasteiger partial charge in [-0.3, -0.25) is 9.59 Å². The number of nitrogens with zero attached hydrogens (tertiary/aromatic N) is 1. The first kappa shape index (κ1) is 48.0. The predicted molar refractivity (Wildman–Crippen MR) is 206 cm³/mol. The monoisotopic (exact) mass is 698 g/mol. The summed E-state index contributed by atoms with van der Waals surface area (Å²) < 4.78 is 0. The van der Waals surface area contributed by atoms with Crippen LogP contribution in [0, 0.1) is 0 Å². The highest BCUT2D eigenvalue weighted by molar-refractivity contribution is 5.89. The zero-order valence-electron chi connectivity index (χ0n) is 32.5. The number of carbonyl (C=O) groups is 2. The lowest BCUT2D eigenvalue weighted by molar-refractivity contribution is -0.145. The Balaban J connectivity index is 4.23. The molecule has 0 fully saturated rings. The molecule has 1 amide bonds. The van der Waals surface area contributed by atoms with Crippen molar-refractivity contribution in [1.29, 1.82) is 0 Å². The first-order chi connectivity index (χ1) is 23.9. The highest BCUT2D eigenvalue weighted by atomic mass is 16.4. The van der Waals surface area contributed by atoms with Crippen LogP contribution in [0.5, 0.6) is 0 Å². The van der Waals surface area contributed by atoms with Crippen molar-refractivity contribution in [2.75, 3.05) is 19.7 Å². The molecule has 292 valence electrons. The highest BCUT2D eigenvalue weighted by Gasteiger charge is 2.31. The quantitative estimate of drug-likeness (QED) is 0.0475. The van der Waals surface area contributed by atoms with Gasteiger partial charge >= 0.3 is 0 Å². The molecule has 0 spiro atoms. The van der Waals surface area contributed by atoms with Gasteiger partial charge in [-0.2, -0.15) is 0 Å². The summed E-state index contributed by atoms with van der Waals surface area (Å²) in [5.41, 5.74) is 0. The van der Waals surface area contributed by atoms with Crippen molar-refractivity contribution in [3.05, 3.63) is 0 Å². The molecule has 0 radical (unpaired) electrons. The third-order valence-electron chi connectivity index (χ3n) is 10.2. The smallest absolute Gasteiger partial charge is 0.222 e. The number of hydrogen-bond donors (Lipinski definition) is 4. The topological polar surface area (TPSA) is 118 Å². The van der Waals surface area contributed by atoms with Crippen LogP contribution in [0.1, 0.15) is 219 Å². The SMILES string of the molecule is CCCCCCCCCCCCCCCCCCN(CC(=O)[C@@H](O)[C@@H](O)[C@H](O)CO)C(=O)CCCCCCCCCCCCCCCCC. The second-order valence-electron chi connectivity index (χ2n) is 15.0. The van der Waals surface area contributed by atoms with Crippen LogP contribution in [-0.2, 0) is 9.59 Å². The molecule has 0 saturated heterocycles. The van der Waals surface area contributed by atoms with E-state index in [4.69, 9.17) is 5.11 Å². The Morgan fingerprint density at radius 1 is 0.469 bits per heavy atom. The number of rotatable bonds is 39. The molecule has 0 aromatic heterocycles. The highest BCUT2D eigenvalue weighted by Crippen LogP contribution is 2.16. The van der Waals surface area contributed by atoms with Crippen LogP contribution in [-0.4, -0.2) is 75.0 Å². The average molecular weight is 698 g/mol. The maximum absolute atomic E-state index is 13.1. The number of ketones is 1. The molecule has 0 aliphatic carbocycles. The second kappa shape index (κ2) is 36.8. The number of unbranched alkanes of at least 4 members (excludes halogenated alkanes) is 29. The minimum absolute atomic E-state index is 0.0894. The van der Waals surface area contributed by atoms with Crippen molar-refractivity contribution in [2.45, 2.75) is 238 Å². The van der Waals surface area contributed by atoms with Gasteiger partial charge in [0.1, 0.15) is 18.3 Å². The van der Waals surface area contributed by atoms with Crippen molar-refractivity contribution < 1.29 is 30.0 Å². The maximum Gasteiger partial charge on any atom is 0.222 e. The van der Waals surface area contributed by atoms with Crippen molar-refractivity contribution in [1.82, 2.24) is 4.90 Å². The largest absolute Gasteiger partial charge is 0.394 e. The molecule has 4 N–H and O–H groups in total. The van der Waals surface area contributed by atoms with Gasteiger partial charge in [0.05, 0.1) is 13.2 Å². The standard InChI is InChI=1S/C42H83NO6/c1-3-5-7-9-11-13-15-17-19-21-23-25-27-29-31-33-35-43(36-38(45)41(48)42(49)39(46)37-44)40(47)34-32-30-28-26-24-22-20-18-16-14-12-10-8-6-4-2/h39,41-42,44,46,48-49H,3-37H2,1-2H3/t39-,41-,42+/m1/s1. The zero-order valence-corrected chi connectivity index (χ0v) is 32.5. The van der Waals surface area contributed by atoms with Gasteiger partial charge in [0, 0.05) is 13.0 Å². The van der Waals surface area contributed by atoms with E-state index in [0.717, 1.165) is 38.5 Å². The maximum atomic E-state index is 13.1. The van der Waals surface area contributed by atoms with Gasteiger partial charge < -0.3 is 25.3 Å². The molecule has 0 aromatic carbocycles. The van der Waals surface area contributed by atoms with E-state index in [1.807, 2.05) is 0 Å². The fourth-order valence-electron chi connectivity index (χ4n) is 6.74. The number of amides is 1. The van der Waals surface area contributed by atoms with E-state index in [9.17, 15) is 24.9 Å². The number of Topliss-reactive ketones (excluding diaryl/α,β-unsaturated/α-hetero) is 1. The third kappa shape index (κ3) is 30.3. The molecule has 0 saturated carbocycles. The molecule has 0 heterocycles. The average Bonchev–Trinajstić information content (AvgIpc) is 3.11. The van der Waals surface area contributed by atoms with Gasteiger partial charge in [-0.05, 0) is 12.8 Å². The van der Waals surface area contributed by atoms with Crippen molar-refractivity contribution >= 4 is 11.7 Å². The molecule has 0 aromatic rings. The number of aliphatic hydroxyl groups is 4. The molecule has 0 rings (SSSR count). The number of aliphatic hydroxyl groups excluding tert-OH is 4. The van der Waals surface area contributed by atoms with Gasteiger partial charge in [-0.1, -0.05) is 200 Å². The van der Waals surface area contributed by atoms with E-state index in [0.29, 0.717) is 13.0 Å².